The number of piperazine rings is 1. The number of aromatic nitrogens is 3. The van der Waals surface area contributed by atoms with Crippen LogP contribution in [0.5, 0.6) is 0 Å². The Hall–Kier alpha value is -2.93. The molecule has 158 valence electrons. The van der Waals surface area contributed by atoms with Crippen LogP contribution in [-0.2, 0) is 18.3 Å². The van der Waals surface area contributed by atoms with Crippen LogP contribution in [0.4, 0.5) is 5.69 Å². The van der Waals surface area contributed by atoms with Crippen LogP contribution in [0.3, 0.4) is 0 Å². The molecule has 2 aromatic heterocycles. The van der Waals surface area contributed by atoms with Gasteiger partial charge in [-0.2, -0.15) is 0 Å². The average Bonchev–Trinajstić information content (AvgIpc) is 3.15. The monoisotopic (exact) mass is 407 g/mol. The van der Waals surface area contributed by atoms with Crippen molar-refractivity contribution in [1.29, 1.82) is 0 Å². The third-order valence-electron chi connectivity index (χ3n) is 6.00. The van der Waals surface area contributed by atoms with E-state index in [0.29, 0.717) is 12.2 Å². The van der Waals surface area contributed by atoms with Crippen molar-refractivity contribution in [2.45, 2.75) is 27.3 Å². The van der Waals surface area contributed by atoms with E-state index in [9.17, 15) is 4.79 Å². The summed E-state index contributed by atoms with van der Waals surface area (Å²) in [5.74, 6) is 0.756. The Labute approximate surface area is 177 Å². The molecular weight excluding hydrogens is 378 g/mol. The third-order valence-corrected chi connectivity index (χ3v) is 6.00. The topological polar surface area (TPSA) is 63.5 Å². The molecule has 1 saturated heterocycles. The second-order valence-electron chi connectivity index (χ2n) is 7.86. The molecule has 0 radical (unpaired) electrons. The van der Waals surface area contributed by atoms with Crippen molar-refractivity contribution in [2.24, 2.45) is 7.05 Å². The van der Waals surface area contributed by atoms with Crippen LogP contribution in [0, 0.1) is 13.8 Å². The average molecular weight is 408 g/mol. The summed E-state index contributed by atoms with van der Waals surface area (Å²) >= 11 is 0. The van der Waals surface area contributed by atoms with Gasteiger partial charge >= 0.3 is 5.97 Å². The van der Waals surface area contributed by atoms with Gasteiger partial charge in [0.1, 0.15) is 11.4 Å². The molecule has 0 bridgehead atoms. The zero-order valence-corrected chi connectivity index (χ0v) is 18.2. The number of rotatable bonds is 5. The van der Waals surface area contributed by atoms with Crippen molar-refractivity contribution in [3.8, 4) is 0 Å². The minimum absolute atomic E-state index is 0.310. The number of fused-ring (bicyclic) bond motifs is 1. The summed E-state index contributed by atoms with van der Waals surface area (Å²) < 4.78 is 7.40. The van der Waals surface area contributed by atoms with Gasteiger partial charge in [-0.3, -0.25) is 9.88 Å². The zero-order valence-electron chi connectivity index (χ0n) is 18.2. The number of benzene rings is 1. The highest BCUT2D eigenvalue weighted by Crippen LogP contribution is 2.33. The second kappa shape index (κ2) is 8.44. The van der Waals surface area contributed by atoms with Crippen LogP contribution in [0.2, 0.25) is 0 Å². The third kappa shape index (κ3) is 3.77. The molecule has 3 aromatic rings. The summed E-state index contributed by atoms with van der Waals surface area (Å²) in [4.78, 5) is 26.5. The molecule has 0 saturated carbocycles. The van der Waals surface area contributed by atoms with Gasteiger partial charge in [-0.15, -0.1) is 0 Å². The van der Waals surface area contributed by atoms with E-state index in [-0.39, 0.29) is 5.97 Å². The van der Waals surface area contributed by atoms with Crippen LogP contribution >= 0.6 is 0 Å². The van der Waals surface area contributed by atoms with Crippen LogP contribution in [0.15, 0.2) is 30.7 Å². The Morgan fingerprint density at radius 2 is 1.90 bits per heavy atom. The molecular formula is C23H29N5O2. The first-order valence-corrected chi connectivity index (χ1v) is 10.5. The van der Waals surface area contributed by atoms with Crippen molar-refractivity contribution in [3.05, 3.63) is 53.2 Å². The molecule has 0 N–H and O–H groups in total. The molecule has 1 fully saturated rings. The number of anilines is 1. The lowest BCUT2D eigenvalue weighted by atomic mass is 10.0. The maximum atomic E-state index is 12.7. The molecule has 3 heterocycles. The molecule has 1 aliphatic heterocycles. The highest BCUT2D eigenvalue weighted by Gasteiger charge is 2.26. The summed E-state index contributed by atoms with van der Waals surface area (Å²) in [6.07, 6.45) is 5.50. The molecule has 0 atom stereocenters. The lowest BCUT2D eigenvalue weighted by Gasteiger charge is -2.37. The Kier molecular flexibility index (Phi) is 5.72. The molecule has 0 amide bonds. The molecule has 1 aliphatic rings. The zero-order chi connectivity index (χ0) is 21.3. The SMILES string of the molecule is CCOC(=O)c1cnc2c(C)c(C)ccc2c1N1CCN(Cc2nccn2C)CC1. The van der Waals surface area contributed by atoms with Gasteiger partial charge in [-0.1, -0.05) is 12.1 Å². The van der Waals surface area contributed by atoms with Crippen LogP contribution < -0.4 is 4.90 Å². The van der Waals surface area contributed by atoms with Crippen LogP contribution in [0.1, 0.15) is 34.2 Å². The number of carbonyl (C=O) groups excluding carboxylic acids is 1. The minimum atomic E-state index is -0.310. The Morgan fingerprint density at radius 1 is 1.13 bits per heavy atom. The van der Waals surface area contributed by atoms with E-state index in [1.807, 2.05) is 26.4 Å². The summed E-state index contributed by atoms with van der Waals surface area (Å²) in [5, 5.41) is 1.02. The van der Waals surface area contributed by atoms with Crippen molar-refractivity contribution >= 4 is 22.6 Å². The fourth-order valence-corrected chi connectivity index (χ4v) is 4.07. The molecule has 30 heavy (non-hydrogen) atoms. The summed E-state index contributed by atoms with van der Waals surface area (Å²) in [6.45, 7) is 10.7. The van der Waals surface area contributed by atoms with E-state index in [4.69, 9.17) is 4.74 Å². The predicted molar refractivity (Wildman–Crippen MR) is 118 cm³/mol. The first-order valence-electron chi connectivity index (χ1n) is 10.5. The van der Waals surface area contributed by atoms with Crippen molar-refractivity contribution < 1.29 is 9.53 Å². The maximum absolute atomic E-state index is 12.7. The Morgan fingerprint density at radius 3 is 2.57 bits per heavy atom. The smallest absolute Gasteiger partial charge is 0.341 e. The standard InChI is InChI=1S/C23H29N5O2/c1-5-30-23(29)19-14-25-21-17(3)16(2)6-7-18(21)22(19)28-12-10-27(11-13-28)15-20-24-8-9-26(20)4/h6-9,14H,5,10-13,15H2,1-4H3. The number of esters is 1. The van der Waals surface area contributed by atoms with Gasteiger partial charge in [0.05, 0.1) is 24.4 Å². The minimum Gasteiger partial charge on any atom is -0.462 e. The van der Waals surface area contributed by atoms with Gasteiger partial charge in [0.2, 0.25) is 0 Å². The van der Waals surface area contributed by atoms with E-state index in [1.54, 1.807) is 6.20 Å². The van der Waals surface area contributed by atoms with Gasteiger partial charge in [0.25, 0.3) is 0 Å². The number of hydrogen-bond donors (Lipinski definition) is 0. The fourth-order valence-electron chi connectivity index (χ4n) is 4.07. The number of imidazole rings is 1. The van der Waals surface area contributed by atoms with Crippen molar-refractivity contribution in [1.82, 2.24) is 19.4 Å². The Balaban J connectivity index is 1.65. The highest BCUT2D eigenvalue weighted by molar-refractivity contribution is 6.06. The lowest BCUT2D eigenvalue weighted by Crippen LogP contribution is -2.46. The van der Waals surface area contributed by atoms with E-state index in [1.165, 1.54) is 5.56 Å². The molecule has 1 aromatic carbocycles. The molecule has 0 spiro atoms. The first kappa shape index (κ1) is 20.3. The number of hydrogen-bond acceptors (Lipinski definition) is 6. The first-order chi connectivity index (χ1) is 14.5. The van der Waals surface area contributed by atoms with Crippen molar-refractivity contribution in [3.63, 3.8) is 0 Å². The lowest BCUT2D eigenvalue weighted by molar-refractivity contribution is 0.0526. The van der Waals surface area contributed by atoms with Gasteiger partial charge in [0, 0.05) is 57.2 Å². The number of nitrogens with zero attached hydrogens (tertiary/aromatic N) is 5. The largest absolute Gasteiger partial charge is 0.462 e. The predicted octanol–water partition coefficient (Wildman–Crippen LogP) is 3.08. The highest BCUT2D eigenvalue weighted by atomic mass is 16.5. The summed E-state index contributed by atoms with van der Waals surface area (Å²) in [7, 11) is 2.03. The second-order valence-corrected chi connectivity index (χ2v) is 7.86. The van der Waals surface area contributed by atoms with E-state index >= 15 is 0 Å². The molecule has 0 unspecified atom stereocenters. The fraction of sp³-hybridized carbons (Fsp3) is 0.435. The van der Waals surface area contributed by atoms with Crippen LogP contribution in [0.25, 0.3) is 10.9 Å². The van der Waals surface area contributed by atoms with Gasteiger partial charge < -0.3 is 14.2 Å². The Bertz CT molecular complexity index is 1070. The van der Waals surface area contributed by atoms with E-state index in [0.717, 1.165) is 60.7 Å². The quantitative estimate of drug-likeness (QED) is 0.606. The number of ether oxygens (including phenoxy) is 1. The van der Waals surface area contributed by atoms with E-state index < -0.39 is 0 Å². The summed E-state index contributed by atoms with van der Waals surface area (Å²) in [6, 6.07) is 4.19. The number of pyridine rings is 1. The normalized spacial score (nSPS) is 15.0. The molecule has 7 nitrogen and oxygen atoms in total. The van der Waals surface area contributed by atoms with Gasteiger partial charge in [0.15, 0.2) is 0 Å². The number of aryl methyl sites for hydroxylation is 3. The van der Waals surface area contributed by atoms with Crippen molar-refractivity contribution in [2.75, 3.05) is 37.7 Å². The molecule has 4 rings (SSSR count). The maximum Gasteiger partial charge on any atom is 0.341 e. The summed E-state index contributed by atoms with van der Waals surface area (Å²) in [5.41, 5.74) is 4.79. The van der Waals surface area contributed by atoms with E-state index in [2.05, 4.69) is 50.3 Å². The molecule has 0 aliphatic carbocycles. The van der Waals surface area contributed by atoms with Gasteiger partial charge in [-0.05, 0) is 31.9 Å². The molecule has 7 heteroatoms. The van der Waals surface area contributed by atoms with Crippen LogP contribution in [-0.4, -0.2) is 58.2 Å². The number of carbonyl (C=O) groups is 1. The van der Waals surface area contributed by atoms with Gasteiger partial charge in [-0.25, -0.2) is 9.78 Å².